The van der Waals surface area contributed by atoms with Gasteiger partial charge in [0.2, 0.25) is 0 Å². The lowest BCUT2D eigenvalue weighted by Crippen LogP contribution is -2.61. The van der Waals surface area contributed by atoms with Crippen LogP contribution in [0.5, 0.6) is 0 Å². The second-order valence-corrected chi connectivity index (χ2v) is 8.28. The number of rotatable bonds is 4. The summed E-state index contributed by atoms with van der Waals surface area (Å²) in [5.74, 6) is 1.46. The van der Waals surface area contributed by atoms with Crippen LogP contribution in [0.2, 0.25) is 0 Å². The van der Waals surface area contributed by atoms with Crippen molar-refractivity contribution in [2.45, 2.75) is 64.0 Å². The molecule has 1 heterocycles. The molecule has 4 aliphatic carbocycles. The number of hydrogen-bond acceptors (Lipinski definition) is 5. The Morgan fingerprint density at radius 1 is 1.12 bits per heavy atom. The first-order valence-corrected chi connectivity index (χ1v) is 9.24. The van der Waals surface area contributed by atoms with Crippen molar-refractivity contribution < 1.29 is 14.3 Å². The minimum absolute atomic E-state index is 0.0732. The van der Waals surface area contributed by atoms with Crippen molar-refractivity contribution in [1.29, 1.82) is 0 Å². The van der Waals surface area contributed by atoms with Crippen molar-refractivity contribution in [2.75, 3.05) is 0 Å². The molecule has 6 nitrogen and oxygen atoms in total. The summed E-state index contributed by atoms with van der Waals surface area (Å²) in [5, 5.41) is 3.24. The molecule has 1 atom stereocenters. The predicted octanol–water partition coefficient (Wildman–Crippen LogP) is 2.42. The van der Waals surface area contributed by atoms with Crippen molar-refractivity contribution in [1.82, 2.24) is 15.3 Å². The van der Waals surface area contributed by atoms with Crippen molar-refractivity contribution in [2.24, 2.45) is 17.8 Å². The van der Waals surface area contributed by atoms with Gasteiger partial charge in [-0.05, 0) is 70.1 Å². The molecule has 6 heteroatoms. The summed E-state index contributed by atoms with van der Waals surface area (Å²) in [5.41, 5.74) is 0.778. The SMILES string of the molecule is Cc1cnc(C(=O)O[C@@H](C)C(=O)NC23CC4CC(CC(C4)C2)C3)cn1. The Labute approximate surface area is 147 Å². The number of aromatic nitrogens is 2. The Bertz CT molecular complexity index is 650. The maximum Gasteiger partial charge on any atom is 0.359 e. The average molecular weight is 343 g/mol. The Hall–Kier alpha value is -1.98. The molecule has 25 heavy (non-hydrogen) atoms. The first kappa shape index (κ1) is 16.5. The second-order valence-electron chi connectivity index (χ2n) is 8.28. The second kappa shape index (κ2) is 6.07. The van der Waals surface area contributed by atoms with Gasteiger partial charge in [0.05, 0.1) is 11.9 Å². The van der Waals surface area contributed by atoms with Gasteiger partial charge in [-0.15, -0.1) is 0 Å². The van der Waals surface area contributed by atoms with E-state index in [4.69, 9.17) is 4.74 Å². The first-order chi connectivity index (χ1) is 11.9. The Balaban J connectivity index is 1.38. The minimum atomic E-state index is -0.830. The molecule has 5 rings (SSSR count). The fraction of sp³-hybridized carbons (Fsp3) is 0.684. The summed E-state index contributed by atoms with van der Waals surface area (Å²) >= 11 is 0. The van der Waals surface area contributed by atoms with Gasteiger partial charge in [0.15, 0.2) is 11.8 Å². The number of carbonyl (C=O) groups excluding carboxylic acids is 2. The van der Waals surface area contributed by atoms with Crippen molar-refractivity contribution in [3.05, 3.63) is 23.8 Å². The number of ether oxygens (including phenoxy) is 1. The number of nitrogens with zero attached hydrogens (tertiary/aromatic N) is 2. The fourth-order valence-corrected chi connectivity index (χ4v) is 5.40. The molecule has 4 fully saturated rings. The molecular formula is C19H25N3O3. The highest BCUT2D eigenvalue weighted by atomic mass is 16.5. The van der Waals surface area contributed by atoms with E-state index >= 15 is 0 Å². The van der Waals surface area contributed by atoms with E-state index in [2.05, 4.69) is 15.3 Å². The monoisotopic (exact) mass is 343 g/mol. The van der Waals surface area contributed by atoms with E-state index in [9.17, 15) is 9.59 Å². The molecule has 0 spiro atoms. The van der Waals surface area contributed by atoms with E-state index in [1.54, 1.807) is 13.8 Å². The molecule has 0 radical (unpaired) electrons. The van der Waals surface area contributed by atoms with E-state index < -0.39 is 12.1 Å². The molecule has 1 N–H and O–H groups in total. The van der Waals surface area contributed by atoms with Gasteiger partial charge >= 0.3 is 5.97 Å². The van der Waals surface area contributed by atoms with Crippen molar-refractivity contribution in [3.8, 4) is 0 Å². The van der Waals surface area contributed by atoms with Crippen LogP contribution in [-0.4, -0.2) is 33.5 Å². The summed E-state index contributed by atoms with van der Waals surface area (Å²) in [6, 6.07) is 0. The van der Waals surface area contributed by atoms with E-state index in [-0.39, 0.29) is 17.1 Å². The predicted molar refractivity (Wildman–Crippen MR) is 90.7 cm³/mol. The summed E-state index contributed by atoms with van der Waals surface area (Å²) in [4.78, 5) is 32.8. The Morgan fingerprint density at radius 3 is 2.24 bits per heavy atom. The van der Waals surface area contributed by atoms with E-state index in [1.165, 1.54) is 31.7 Å². The quantitative estimate of drug-likeness (QED) is 0.849. The smallest absolute Gasteiger partial charge is 0.359 e. The van der Waals surface area contributed by atoms with Crippen LogP contribution in [0.25, 0.3) is 0 Å². The molecule has 4 bridgehead atoms. The zero-order valence-electron chi connectivity index (χ0n) is 14.8. The number of carbonyl (C=O) groups is 2. The highest BCUT2D eigenvalue weighted by Gasteiger charge is 2.51. The molecule has 0 aromatic carbocycles. The minimum Gasteiger partial charge on any atom is -0.448 e. The Morgan fingerprint density at radius 2 is 1.72 bits per heavy atom. The van der Waals surface area contributed by atoms with E-state index in [1.807, 2.05) is 0 Å². The van der Waals surface area contributed by atoms with Gasteiger partial charge in [-0.25, -0.2) is 9.78 Å². The molecule has 0 saturated heterocycles. The third-order valence-electron chi connectivity index (χ3n) is 6.07. The Kier molecular flexibility index (Phi) is 4.01. The lowest BCUT2D eigenvalue weighted by molar-refractivity contribution is -0.134. The molecule has 1 amide bonds. The van der Waals surface area contributed by atoms with Gasteiger partial charge in [-0.1, -0.05) is 0 Å². The van der Waals surface area contributed by atoms with Gasteiger partial charge in [-0.2, -0.15) is 0 Å². The van der Waals surface area contributed by atoms with E-state index in [0.717, 1.165) is 42.7 Å². The largest absolute Gasteiger partial charge is 0.448 e. The van der Waals surface area contributed by atoms with Crippen LogP contribution in [0.1, 0.15) is 61.6 Å². The van der Waals surface area contributed by atoms with Crippen LogP contribution >= 0.6 is 0 Å². The van der Waals surface area contributed by atoms with Crippen molar-refractivity contribution in [3.63, 3.8) is 0 Å². The molecule has 4 aliphatic rings. The van der Waals surface area contributed by atoms with Gasteiger partial charge in [0.1, 0.15) is 0 Å². The fourth-order valence-electron chi connectivity index (χ4n) is 5.40. The van der Waals surface area contributed by atoms with Crippen LogP contribution in [-0.2, 0) is 9.53 Å². The number of hydrogen-bond donors (Lipinski definition) is 1. The summed E-state index contributed by atoms with van der Waals surface area (Å²) in [6.07, 6.45) is 9.27. The molecule has 1 aromatic rings. The summed E-state index contributed by atoms with van der Waals surface area (Å²) in [6.45, 7) is 3.42. The van der Waals surface area contributed by atoms with Gasteiger partial charge in [0.25, 0.3) is 5.91 Å². The zero-order valence-corrected chi connectivity index (χ0v) is 14.8. The van der Waals surface area contributed by atoms with Crippen LogP contribution in [0.15, 0.2) is 12.4 Å². The lowest BCUT2D eigenvalue weighted by Gasteiger charge is -2.57. The topological polar surface area (TPSA) is 81.2 Å². The molecule has 0 unspecified atom stereocenters. The maximum absolute atomic E-state index is 12.6. The van der Waals surface area contributed by atoms with Gasteiger partial charge < -0.3 is 10.1 Å². The molecule has 0 aliphatic heterocycles. The molecular weight excluding hydrogens is 318 g/mol. The normalized spacial score (nSPS) is 33.8. The first-order valence-electron chi connectivity index (χ1n) is 9.24. The number of amides is 1. The highest BCUT2D eigenvalue weighted by molar-refractivity contribution is 5.90. The third-order valence-corrected chi connectivity index (χ3v) is 6.07. The van der Waals surface area contributed by atoms with Crippen LogP contribution in [0.3, 0.4) is 0 Å². The summed E-state index contributed by atoms with van der Waals surface area (Å²) < 4.78 is 5.30. The lowest BCUT2D eigenvalue weighted by atomic mass is 9.53. The van der Waals surface area contributed by atoms with Crippen molar-refractivity contribution >= 4 is 11.9 Å². The molecule has 1 aromatic heterocycles. The maximum atomic E-state index is 12.6. The zero-order chi connectivity index (χ0) is 17.6. The number of aryl methyl sites for hydroxylation is 1. The van der Waals surface area contributed by atoms with Crippen LogP contribution in [0.4, 0.5) is 0 Å². The third kappa shape index (κ3) is 3.26. The average Bonchev–Trinajstić information content (AvgIpc) is 2.53. The number of esters is 1. The molecule has 4 saturated carbocycles. The standard InChI is InChI=1S/C19H25N3O3/c1-11-9-21-16(10-20-11)18(24)25-12(2)17(23)22-19-6-13-3-14(7-19)5-15(4-13)8-19/h9-10,12-15H,3-8H2,1-2H3,(H,22,23)/t12-,13?,14?,15?,19?/m0/s1. The van der Waals surface area contributed by atoms with Crippen LogP contribution in [0, 0.1) is 24.7 Å². The highest BCUT2D eigenvalue weighted by Crippen LogP contribution is 2.55. The van der Waals surface area contributed by atoms with Crippen LogP contribution < -0.4 is 5.32 Å². The van der Waals surface area contributed by atoms with Gasteiger partial charge in [-0.3, -0.25) is 9.78 Å². The van der Waals surface area contributed by atoms with E-state index in [0.29, 0.717) is 0 Å². The molecule has 134 valence electrons. The summed E-state index contributed by atoms with van der Waals surface area (Å²) in [7, 11) is 0. The van der Waals surface area contributed by atoms with Gasteiger partial charge in [0, 0.05) is 11.7 Å². The number of nitrogens with one attached hydrogen (secondary N) is 1.